The highest BCUT2D eigenvalue weighted by atomic mass is 32.2. The zero-order valence-electron chi connectivity index (χ0n) is 15.9. The molecule has 0 saturated carbocycles. The number of benzene rings is 2. The molecular weight excluding hydrogens is 396 g/mol. The van der Waals surface area contributed by atoms with E-state index in [2.05, 4.69) is 5.32 Å². The van der Waals surface area contributed by atoms with Crippen LogP contribution in [0, 0.1) is 0 Å². The van der Waals surface area contributed by atoms with Crippen LogP contribution in [0.15, 0.2) is 47.4 Å². The van der Waals surface area contributed by atoms with Crippen molar-refractivity contribution in [2.75, 3.05) is 13.7 Å². The maximum atomic E-state index is 12.4. The van der Waals surface area contributed by atoms with Crippen LogP contribution in [0.3, 0.4) is 0 Å². The topological polar surface area (TPSA) is 125 Å². The lowest BCUT2D eigenvalue weighted by molar-refractivity contribution is -0.125. The Labute approximate surface area is 169 Å². The normalized spacial score (nSPS) is 15.9. The van der Waals surface area contributed by atoms with Gasteiger partial charge in [-0.15, -0.1) is 0 Å². The number of carbonyl (C=O) groups is 2. The number of carbonyl (C=O) groups excluding carboxylic acids is 2. The highest BCUT2D eigenvalue weighted by Gasteiger charge is 2.23. The van der Waals surface area contributed by atoms with E-state index in [-0.39, 0.29) is 22.3 Å². The second-order valence-electron chi connectivity index (χ2n) is 6.69. The van der Waals surface area contributed by atoms with E-state index in [4.69, 9.17) is 14.6 Å². The van der Waals surface area contributed by atoms with Crippen molar-refractivity contribution < 1.29 is 27.5 Å². The quantitative estimate of drug-likeness (QED) is 0.688. The van der Waals surface area contributed by atoms with Gasteiger partial charge in [0.25, 0.3) is 5.91 Å². The Morgan fingerprint density at radius 2 is 1.97 bits per heavy atom. The van der Waals surface area contributed by atoms with Gasteiger partial charge < -0.3 is 14.8 Å². The van der Waals surface area contributed by atoms with Crippen LogP contribution in [0.25, 0.3) is 0 Å². The van der Waals surface area contributed by atoms with E-state index in [1.165, 1.54) is 24.8 Å². The number of sulfonamides is 1. The van der Waals surface area contributed by atoms with Gasteiger partial charge in [0.05, 0.1) is 18.0 Å². The molecule has 0 aromatic heterocycles. The van der Waals surface area contributed by atoms with Gasteiger partial charge >= 0.3 is 5.97 Å². The van der Waals surface area contributed by atoms with Crippen molar-refractivity contribution >= 4 is 21.9 Å². The highest BCUT2D eigenvalue weighted by molar-refractivity contribution is 7.89. The SMILES string of the molecule is COc1ccc(S(N)(=O)=O)cc1C(=O)OCC(=O)NC1CCCc2ccccc21. The van der Waals surface area contributed by atoms with Crippen molar-refractivity contribution in [3.63, 3.8) is 0 Å². The van der Waals surface area contributed by atoms with Crippen LogP contribution in [-0.2, 0) is 26.0 Å². The van der Waals surface area contributed by atoms with Crippen LogP contribution in [0.1, 0.15) is 40.4 Å². The smallest absolute Gasteiger partial charge is 0.342 e. The molecule has 1 aliphatic carbocycles. The molecule has 1 amide bonds. The molecule has 0 heterocycles. The summed E-state index contributed by atoms with van der Waals surface area (Å²) in [4.78, 5) is 24.4. The summed E-state index contributed by atoms with van der Waals surface area (Å²) in [5, 5.41) is 7.98. The summed E-state index contributed by atoms with van der Waals surface area (Å²) in [6.07, 6.45) is 2.73. The van der Waals surface area contributed by atoms with Crippen LogP contribution in [0.4, 0.5) is 0 Å². The van der Waals surface area contributed by atoms with Gasteiger partial charge in [0.1, 0.15) is 11.3 Å². The number of nitrogens with one attached hydrogen (secondary N) is 1. The molecule has 3 rings (SSSR count). The van der Waals surface area contributed by atoms with Crippen LogP contribution < -0.4 is 15.2 Å². The Balaban J connectivity index is 1.66. The number of aryl methyl sites for hydroxylation is 1. The highest BCUT2D eigenvalue weighted by Crippen LogP contribution is 2.29. The maximum absolute atomic E-state index is 12.4. The Hall–Kier alpha value is -2.91. The Bertz CT molecular complexity index is 1040. The van der Waals surface area contributed by atoms with Crippen molar-refractivity contribution in [1.82, 2.24) is 5.32 Å². The molecule has 1 atom stereocenters. The first-order valence-corrected chi connectivity index (χ1v) is 10.6. The van der Waals surface area contributed by atoms with Crippen LogP contribution in [-0.4, -0.2) is 34.0 Å². The second-order valence-corrected chi connectivity index (χ2v) is 8.26. The molecular formula is C20H22N2O6S. The number of fused-ring (bicyclic) bond motifs is 1. The fraction of sp³-hybridized carbons (Fsp3) is 0.300. The number of methoxy groups -OCH3 is 1. The summed E-state index contributed by atoms with van der Waals surface area (Å²) in [5.74, 6) is -1.21. The molecule has 0 aliphatic heterocycles. The molecule has 0 spiro atoms. The number of primary sulfonamides is 1. The molecule has 9 heteroatoms. The van der Waals surface area contributed by atoms with Gasteiger partial charge in [-0.2, -0.15) is 0 Å². The van der Waals surface area contributed by atoms with E-state index < -0.39 is 28.5 Å². The Morgan fingerprint density at radius 3 is 2.69 bits per heavy atom. The van der Waals surface area contributed by atoms with Gasteiger partial charge in [0.15, 0.2) is 6.61 Å². The fourth-order valence-electron chi connectivity index (χ4n) is 3.37. The Kier molecular flexibility index (Phi) is 6.19. The predicted molar refractivity (Wildman–Crippen MR) is 105 cm³/mol. The third-order valence-corrected chi connectivity index (χ3v) is 5.67. The zero-order chi connectivity index (χ0) is 21.0. The molecule has 8 nitrogen and oxygen atoms in total. The van der Waals surface area contributed by atoms with Crippen molar-refractivity contribution in [3.8, 4) is 5.75 Å². The number of hydrogen-bond donors (Lipinski definition) is 2. The monoisotopic (exact) mass is 418 g/mol. The number of esters is 1. The molecule has 154 valence electrons. The van der Waals surface area contributed by atoms with Gasteiger partial charge in [0, 0.05) is 0 Å². The second kappa shape index (κ2) is 8.62. The summed E-state index contributed by atoms with van der Waals surface area (Å²) in [6.45, 7) is -0.500. The first-order chi connectivity index (χ1) is 13.8. The minimum Gasteiger partial charge on any atom is -0.496 e. The molecule has 1 unspecified atom stereocenters. The minimum atomic E-state index is -4.01. The molecule has 2 aromatic carbocycles. The fourth-order valence-corrected chi connectivity index (χ4v) is 3.91. The van der Waals surface area contributed by atoms with Gasteiger partial charge in [-0.25, -0.2) is 18.4 Å². The molecule has 2 aromatic rings. The zero-order valence-corrected chi connectivity index (χ0v) is 16.7. The van der Waals surface area contributed by atoms with Crippen LogP contribution in [0.2, 0.25) is 0 Å². The summed E-state index contributed by atoms with van der Waals surface area (Å²) in [7, 11) is -2.68. The van der Waals surface area contributed by atoms with Gasteiger partial charge in [-0.05, 0) is 48.6 Å². The first-order valence-electron chi connectivity index (χ1n) is 9.04. The van der Waals surface area contributed by atoms with E-state index in [9.17, 15) is 18.0 Å². The number of rotatable bonds is 6. The molecule has 0 saturated heterocycles. The summed E-state index contributed by atoms with van der Waals surface area (Å²) < 4.78 is 33.2. The van der Waals surface area contributed by atoms with Gasteiger partial charge in [0.2, 0.25) is 10.0 Å². The number of amides is 1. The standard InChI is InChI=1S/C20H22N2O6S/c1-27-18-10-9-14(29(21,25)26)11-16(18)20(24)28-12-19(23)22-17-8-4-6-13-5-2-3-7-15(13)17/h2-3,5,7,9-11,17H,4,6,8,12H2,1H3,(H,22,23)(H2,21,25,26). The third-order valence-electron chi connectivity index (χ3n) is 4.76. The van der Waals surface area contributed by atoms with E-state index in [0.29, 0.717) is 0 Å². The minimum absolute atomic E-state index is 0.115. The average Bonchev–Trinajstić information content (AvgIpc) is 2.71. The number of ether oxygens (including phenoxy) is 2. The van der Waals surface area contributed by atoms with E-state index >= 15 is 0 Å². The van der Waals surface area contributed by atoms with E-state index in [0.717, 1.165) is 30.9 Å². The maximum Gasteiger partial charge on any atom is 0.342 e. The molecule has 3 N–H and O–H groups in total. The third kappa shape index (κ3) is 4.93. The van der Waals surface area contributed by atoms with Gasteiger partial charge in [-0.3, -0.25) is 4.79 Å². The van der Waals surface area contributed by atoms with Crippen molar-refractivity contribution in [2.24, 2.45) is 5.14 Å². The van der Waals surface area contributed by atoms with Crippen molar-refractivity contribution in [3.05, 3.63) is 59.2 Å². The first kappa shape index (κ1) is 20.8. The lowest BCUT2D eigenvalue weighted by Gasteiger charge is -2.26. The van der Waals surface area contributed by atoms with Crippen LogP contribution in [0.5, 0.6) is 5.75 Å². The lowest BCUT2D eigenvalue weighted by Crippen LogP contribution is -2.34. The molecule has 0 bridgehead atoms. The molecule has 0 fully saturated rings. The van der Waals surface area contributed by atoms with Crippen molar-refractivity contribution in [1.29, 1.82) is 0 Å². The molecule has 0 radical (unpaired) electrons. The van der Waals surface area contributed by atoms with Gasteiger partial charge in [-0.1, -0.05) is 24.3 Å². The average molecular weight is 418 g/mol. The Morgan fingerprint density at radius 1 is 1.21 bits per heavy atom. The largest absolute Gasteiger partial charge is 0.496 e. The predicted octanol–water partition coefficient (Wildman–Crippen LogP) is 1.69. The summed E-state index contributed by atoms with van der Waals surface area (Å²) in [6, 6.07) is 11.4. The number of hydrogen-bond acceptors (Lipinski definition) is 6. The number of nitrogens with two attached hydrogens (primary N) is 1. The summed E-state index contributed by atoms with van der Waals surface area (Å²) >= 11 is 0. The molecule has 29 heavy (non-hydrogen) atoms. The van der Waals surface area contributed by atoms with E-state index in [1.807, 2.05) is 24.3 Å². The van der Waals surface area contributed by atoms with E-state index in [1.54, 1.807) is 0 Å². The van der Waals surface area contributed by atoms with Crippen molar-refractivity contribution in [2.45, 2.75) is 30.2 Å². The lowest BCUT2D eigenvalue weighted by atomic mass is 9.88. The summed E-state index contributed by atoms with van der Waals surface area (Å²) in [5.41, 5.74) is 2.14. The van der Waals surface area contributed by atoms with Crippen LogP contribution >= 0.6 is 0 Å². The molecule has 1 aliphatic rings.